The first-order chi connectivity index (χ1) is 8.84. The standard InChI is InChI=1S/C15H25NO3/c1-15(2,3)13(17)11-7-5-9-12(10-6-8-11)19-14(18)16-4/h5,9,11-12H,6-8,10H2,1-4H3,(H,16,18)/b9-5+. The average molecular weight is 267 g/mol. The van der Waals surface area contributed by atoms with Gasteiger partial charge in [-0.15, -0.1) is 0 Å². The zero-order valence-corrected chi connectivity index (χ0v) is 12.4. The highest BCUT2D eigenvalue weighted by Crippen LogP contribution is 2.28. The van der Waals surface area contributed by atoms with Crippen LogP contribution in [0.3, 0.4) is 0 Å². The fourth-order valence-electron chi connectivity index (χ4n) is 2.32. The van der Waals surface area contributed by atoms with E-state index in [-0.39, 0.29) is 17.4 Å². The first-order valence-electron chi connectivity index (χ1n) is 6.94. The van der Waals surface area contributed by atoms with E-state index in [1.54, 1.807) is 7.05 Å². The van der Waals surface area contributed by atoms with Crippen molar-refractivity contribution in [3.05, 3.63) is 12.2 Å². The van der Waals surface area contributed by atoms with Crippen LogP contribution in [-0.4, -0.2) is 25.0 Å². The number of carbonyl (C=O) groups excluding carboxylic acids is 2. The lowest BCUT2D eigenvalue weighted by Gasteiger charge is -2.26. The Kier molecular flexibility index (Phi) is 5.58. The van der Waals surface area contributed by atoms with E-state index >= 15 is 0 Å². The van der Waals surface area contributed by atoms with E-state index in [1.807, 2.05) is 32.9 Å². The molecule has 4 nitrogen and oxygen atoms in total. The molecule has 1 rings (SSSR count). The topological polar surface area (TPSA) is 55.4 Å². The maximum absolute atomic E-state index is 12.3. The molecule has 0 saturated carbocycles. The summed E-state index contributed by atoms with van der Waals surface area (Å²) in [5, 5.41) is 2.45. The molecule has 0 bridgehead atoms. The van der Waals surface area contributed by atoms with Gasteiger partial charge in [-0.25, -0.2) is 4.79 Å². The van der Waals surface area contributed by atoms with E-state index < -0.39 is 6.09 Å². The Morgan fingerprint density at radius 1 is 1.26 bits per heavy atom. The Bertz CT molecular complexity index is 355. The lowest BCUT2D eigenvalue weighted by Crippen LogP contribution is -2.30. The van der Waals surface area contributed by atoms with Gasteiger partial charge in [-0.1, -0.05) is 26.8 Å². The lowest BCUT2D eigenvalue weighted by atomic mass is 9.78. The molecule has 1 amide bonds. The van der Waals surface area contributed by atoms with Crippen LogP contribution < -0.4 is 5.32 Å². The van der Waals surface area contributed by atoms with Crippen LogP contribution in [0.25, 0.3) is 0 Å². The number of amides is 1. The first kappa shape index (κ1) is 15.7. The van der Waals surface area contributed by atoms with Gasteiger partial charge in [-0.05, 0) is 31.8 Å². The monoisotopic (exact) mass is 267 g/mol. The van der Waals surface area contributed by atoms with E-state index in [0.717, 1.165) is 25.7 Å². The molecule has 0 saturated heterocycles. The van der Waals surface area contributed by atoms with Crippen molar-refractivity contribution in [3.63, 3.8) is 0 Å². The van der Waals surface area contributed by atoms with Crippen molar-refractivity contribution < 1.29 is 14.3 Å². The Hall–Kier alpha value is -1.32. The Morgan fingerprint density at radius 2 is 1.95 bits per heavy atom. The number of hydrogen-bond acceptors (Lipinski definition) is 3. The van der Waals surface area contributed by atoms with Gasteiger partial charge in [0, 0.05) is 18.4 Å². The van der Waals surface area contributed by atoms with Crippen LogP contribution in [-0.2, 0) is 9.53 Å². The van der Waals surface area contributed by atoms with E-state index in [0.29, 0.717) is 5.78 Å². The molecule has 19 heavy (non-hydrogen) atoms. The van der Waals surface area contributed by atoms with Crippen molar-refractivity contribution in [2.45, 2.75) is 52.6 Å². The highest BCUT2D eigenvalue weighted by molar-refractivity contribution is 5.86. The van der Waals surface area contributed by atoms with Crippen LogP contribution in [0.4, 0.5) is 4.79 Å². The zero-order valence-electron chi connectivity index (χ0n) is 12.4. The van der Waals surface area contributed by atoms with Crippen LogP contribution in [0.1, 0.15) is 46.5 Å². The van der Waals surface area contributed by atoms with E-state index in [4.69, 9.17) is 4.74 Å². The van der Waals surface area contributed by atoms with E-state index in [9.17, 15) is 9.59 Å². The van der Waals surface area contributed by atoms with Gasteiger partial charge in [0.25, 0.3) is 0 Å². The SMILES string of the molecule is CNC(=O)OC1/C=C/CC(C(=O)C(C)(C)C)CCC1. The number of hydrogen-bond donors (Lipinski definition) is 1. The van der Waals surface area contributed by atoms with Crippen molar-refractivity contribution >= 4 is 11.9 Å². The molecule has 0 aromatic rings. The molecule has 1 aliphatic carbocycles. The van der Waals surface area contributed by atoms with Crippen molar-refractivity contribution in [3.8, 4) is 0 Å². The van der Waals surface area contributed by atoms with E-state index in [2.05, 4.69) is 5.32 Å². The molecule has 0 aliphatic heterocycles. The second-order valence-corrected chi connectivity index (χ2v) is 6.10. The number of ether oxygens (including phenoxy) is 1. The number of ketones is 1. The number of carbonyl (C=O) groups is 2. The third kappa shape index (κ3) is 5.05. The number of nitrogens with one attached hydrogen (secondary N) is 1. The molecule has 0 fully saturated rings. The summed E-state index contributed by atoms with van der Waals surface area (Å²) in [7, 11) is 1.55. The maximum atomic E-state index is 12.3. The summed E-state index contributed by atoms with van der Waals surface area (Å²) in [5.41, 5.74) is -0.282. The summed E-state index contributed by atoms with van der Waals surface area (Å²) in [6.45, 7) is 5.90. The number of rotatable bonds is 2. The second kappa shape index (κ2) is 6.73. The minimum atomic E-state index is -0.405. The zero-order chi connectivity index (χ0) is 14.5. The lowest BCUT2D eigenvalue weighted by molar-refractivity contribution is -0.130. The van der Waals surface area contributed by atoms with Gasteiger partial charge >= 0.3 is 6.09 Å². The van der Waals surface area contributed by atoms with Crippen LogP contribution in [0, 0.1) is 11.3 Å². The molecule has 2 unspecified atom stereocenters. The Morgan fingerprint density at radius 3 is 2.53 bits per heavy atom. The minimum Gasteiger partial charge on any atom is -0.442 e. The second-order valence-electron chi connectivity index (χ2n) is 6.10. The predicted molar refractivity (Wildman–Crippen MR) is 74.9 cm³/mol. The molecule has 0 aromatic carbocycles. The summed E-state index contributed by atoms with van der Waals surface area (Å²) >= 11 is 0. The van der Waals surface area contributed by atoms with Crippen molar-refractivity contribution in [1.29, 1.82) is 0 Å². The fraction of sp³-hybridized carbons (Fsp3) is 0.733. The number of Topliss-reactive ketones (excluding diaryl/α,β-unsaturated/α-hetero) is 1. The normalized spacial score (nSPS) is 25.9. The predicted octanol–water partition coefficient (Wildman–Crippen LogP) is 3.07. The average Bonchev–Trinajstić information content (AvgIpc) is 2.30. The smallest absolute Gasteiger partial charge is 0.407 e. The summed E-state index contributed by atoms with van der Waals surface area (Å²) in [6, 6.07) is 0. The molecule has 0 radical (unpaired) electrons. The molecule has 0 spiro atoms. The van der Waals surface area contributed by atoms with Crippen molar-refractivity contribution in [2.24, 2.45) is 11.3 Å². The van der Waals surface area contributed by atoms with Crippen LogP contribution >= 0.6 is 0 Å². The van der Waals surface area contributed by atoms with Gasteiger partial charge in [0.05, 0.1) is 0 Å². The minimum absolute atomic E-state index is 0.0946. The molecule has 0 aromatic heterocycles. The largest absolute Gasteiger partial charge is 0.442 e. The molecule has 108 valence electrons. The van der Waals surface area contributed by atoms with Gasteiger partial charge in [0.15, 0.2) is 0 Å². The van der Waals surface area contributed by atoms with Gasteiger partial charge < -0.3 is 10.1 Å². The molecule has 0 heterocycles. The van der Waals surface area contributed by atoms with Gasteiger partial charge in [0.2, 0.25) is 0 Å². The van der Waals surface area contributed by atoms with Crippen LogP contribution in [0.5, 0.6) is 0 Å². The molecule has 4 heteroatoms. The van der Waals surface area contributed by atoms with E-state index in [1.165, 1.54) is 0 Å². The first-order valence-corrected chi connectivity index (χ1v) is 6.94. The Labute approximate surface area is 115 Å². The van der Waals surface area contributed by atoms with Gasteiger partial charge in [-0.2, -0.15) is 0 Å². The number of allylic oxidation sites excluding steroid dienone is 1. The van der Waals surface area contributed by atoms with Gasteiger partial charge in [0.1, 0.15) is 11.9 Å². The van der Waals surface area contributed by atoms with Crippen molar-refractivity contribution in [1.82, 2.24) is 5.32 Å². The molecule has 2 atom stereocenters. The Balaban J connectivity index is 2.59. The summed E-state index contributed by atoms with van der Waals surface area (Å²) in [6.07, 6.45) is 6.58. The molecule has 1 aliphatic rings. The molecule has 1 N–H and O–H groups in total. The fourth-order valence-corrected chi connectivity index (χ4v) is 2.32. The van der Waals surface area contributed by atoms with Crippen molar-refractivity contribution in [2.75, 3.05) is 7.05 Å². The van der Waals surface area contributed by atoms with Gasteiger partial charge in [-0.3, -0.25) is 4.79 Å². The number of alkyl carbamates (subject to hydrolysis) is 1. The molecular formula is C15H25NO3. The van der Waals surface area contributed by atoms with Crippen LogP contribution in [0.15, 0.2) is 12.2 Å². The third-order valence-corrected chi connectivity index (χ3v) is 3.39. The molecular weight excluding hydrogens is 242 g/mol. The summed E-state index contributed by atoms with van der Waals surface area (Å²) < 4.78 is 5.22. The maximum Gasteiger partial charge on any atom is 0.407 e. The summed E-state index contributed by atoms with van der Waals surface area (Å²) in [4.78, 5) is 23.4. The highest BCUT2D eigenvalue weighted by Gasteiger charge is 2.29. The van der Waals surface area contributed by atoms with Crippen LogP contribution in [0.2, 0.25) is 0 Å². The quantitative estimate of drug-likeness (QED) is 0.782. The third-order valence-electron chi connectivity index (χ3n) is 3.39. The summed E-state index contributed by atoms with van der Waals surface area (Å²) in [5.74, 6) is 0.417. The highest BCUT2D eigenvalue weighted by atomic mass is 16.6.